The van der Waals surface area contributed by atoms with Gasteiger partial charge < -0.3 is 14.4 Å². The molecule has 0 saturated carbocycles. The average molecular weight is 379 g/mol. The number of carbonyl (C=O) groups is 1. The normalized spacial score (nSPS) is 18.6. The molecule has 28 heavy (non-hydrogen) atoms. The van der Waals surface area contributed by atoms with Crippen molar-refractivity contribution in [3.05, 3.63) is 47.0 Å². The zero-order chi connectivity index (χ0) is 19.3. The van der Waals surface area contributed by atoms with Gasteiger partial charge in [0.25, 0.3) is 11.7 Å². The van der Waals surface area contributed by atoms with Gasteiger partial charge in [-0.15, -0.1) is 5.10 Å². The molecule has 1 saturated heterocycles. The third-order valence-electron chi connectivity index (χ3n) is 5.27. The fourth-order valence-corrected chi connectivity index (χ4v) is 4.01. The molecule has 8 heteroatoms. The van der Waals surface area contributed by atoms with Gasteiger partial charge in [0.15, 0.2) is 11.5 Å². The lowest BCUT2D eigenvalue weighted by Gasteiger charge is -2.25. The Kier molecular flexibility index (Phi) is 3.92. The number of ether oxygens (including phenoxy) is 2. The first kappa shape index (κ1) is 17.0. The molecule has 3 aromatic rings. The van der Waals surface area contributed by atoms with Crippen molar-refractivity contribution in [3.8, 4) is 11.5 Å². The van der Waals surface area contributed by atoms with E-state index < -0.39 is 0 Å². The number of benzene rings is 1. The van der Waals surface area contributed by atoms with Gasteiger partial charge in [0.2, 0.25) is 5.82 Å². The van der Waals surface area contributed by atoms with E-state index in [1.807, 2.05) is 43.0 Å². The summed E-state index contributed by atoms with van der Waals surface area (Å²) in [4.78, 5) is 23.8. The van der Waals surface area contributed by atoms with Crippen LogP contribution in [0.2, 0.25) is 0 Å². The van der Waals surface area contributed by atoms with E-state index in [1.54, 1.807) is 4.52 Å². The minimum Gasteiger partial charge on any atom is -0.486 e. The SMILES string of the molecule is Cc1cc(C)n2nc(C(=O)N3CCC[C@H]3c3ccc4c(c3)OCCO4)nc2n1. The molecule has 0 N–H and O–H groups in total. The van der Waals surface area contributed by atoms with Crippen molar-refractivity contribution < 1.29 is 14.3 Å². The van der Waals surface area contributed by atoms with Crippen molar-refractivity contribution in [1.29, 1.82) is 0 Å². The summed E-state index contributed by atoms with van der Waals surface area (Å²) < 4.78 is 12.9. The summed E-state index contributed by atoms with van der Waals surface area (Å²) in [5.74, 6) is 1.97. The van der Waals surface area contributed by atoms with Gasteiger partial charge in [-0.25, -0.2) is 9.50 Å². The minimum atomic E-state index is -0.167. The van der Waals surface area contributed by atoms with Crippen LogP contribution in [-0.4, -0.2) is 50.1 Å². The zero-order valence-corrected chi connectivity index (χ0v) is 15.9. The Balaban J connectivity index is 1.47. The first-order valence-electron chi connectivity index (χ1n) is 9.52. The number of aryl methyl sites for hydroxylation is 2. The Morgan fingerprint density at radius 2 is 1.93 bits per heavy atom. The third kappa shape index (κ3) is 2.76. The van der Waals surface area contributed by atoms with Crippen molar-refractivity contribution in [2.75, 3.05) is 19.8 Å². The van der Waals surface area contributed by atoms with Crippen LogP contribution in [0.15, 0.2) is 24.3 Å². The van der Waals surface area contributed by atoms with Crippen LogP contribution in [0.1, 0.15) is 46.5 Å². The van der Waals surface area contributed by atoms with Crippen LogP contribution in [0.4, 0.5) is 0 Å². The van der Waals surface area contributed by atoms with E-state index in [-0.39, 0.29) is 17.8 Å². The number of hydrogen-bond acceptors (Lipinski definition) is 6. The number of carbonyl (C=O) groups excluding carboxylic acids is 1. The van der Waals surface area contributed by atoms with E-state index in [4.69, 9.17) is 9.47 Å². The van der Waals surface area contributed by atoms with Gasteiger partial charge in [-0.2, -0.15) is 4.98 Å². The molecule has 5 rings (SSSR count). The van der Waals surface area contributed by atoms with Crippen LogP contribution in [0, 0.1) is 13.8 Å². The molecule has 0 radical (unpaired) electrons. The summed E-state index contributed by atoms with van der Waals surface area (Å²) in [6.45, 7) is 5.62. The number of nitrogens with zero attached hydrogens (tertiary/aromatic N) is 5. The molecule has 1 fully saturated rings. The fraction of sp³-hybridized carbons (Fsp3) is 0.400. The molecule has 2 aliphatic heterocycles. The molecule has 2 aromatic heterocycles. The highest BCUT2D eigenvalue weighted by molar-refractivity contribution is 5.91. The summed E-state index contributed by atoms with van der Waals surface area (Å²) >= 11 is 0. The molecule has 0 spiro atoms. The third-order valence-corrected chi connectivity index (χ3v) is 5.27. The summed E-state index contributed by atoms with van der Waals surface area (Å²) in [5.41, 5.74) is 2.80. The fourth-order valence-electron chi connectivity index (χ4n) is 4.01. The lowest BCUT2D eigenvalue weighted by atomic mass is 10.0. The Labute approximate surface area is 162 Å². The number of amides is 1. The molecule has 0 unspecified atom stereocenters. The van der Waals surface area contributed by atoms with Crippen LogP contribution in [0.5, 0.6) is 11.5 Å². The summed E-state index contributed by atoms with van der Waals surface area (Å²) in [7, 11) is 0. The second-order valence-electron chi connectivity index (χ2n) is 7.25. The smallest absolute Gasteiger partial charge is 0.294 e. The van der Waals surface area contributed by atoms with Crippen molar-refractivity contribution in [1.82, 2.24) is 24.5 Å². The predicted octanol–water partition coefficient (Wildman–Crippen LogP) is 2.49. The summed E-state index contributed by atoms with van der Waals surface area (Å²) in [5, 5.41) is 4.40. The zero-order valence-electron chi connectivity index (χ0n) is 15.9. The Bertz CT molecular complexity index is 1080. The van der Waals surface area contributed by atoms with Crippen LogP contribution < -0.4 is 9.47 Å². The van der Waals surface area contributed by atoms with E-state index in [1.165, 1.54) is 0 Å². The van der Waals surface area contributed by atoms with Crippen molar-refractivity contribution in [2.45, 2.75) is 32.7 Å². The van der Waals surface area contributed by atoms with E-state index in [0.29, 0.717) is 25.5 Å². The van der Waals surface area contributed by atoms with Gasteiger partial charge in [-0.05, 0) is 50.5 Å². The van der Waals surface area contributed by atoms with Gasteiger partial charge in [-0.1, -0.05) is 6.07 Å². The molecular formula is C20H21N5O3. The molecule has 4 heterocycles. The summed E-state index contributed by atoms with van der Waals surface area (Å²) in [6, 6.07) is 7.81. The standard InChI is InChI=1S/C20H21N5O3/c1-12-10-13(2)25-20(21-12)22-18(23-25)19(26)24-7-3-4-15(24)14-5-6-16-17(11-14)28-9-8-27-16/h5-6,10-11,15H,3-4,7-9H2,1-2H3/t15-/m0/s1. The van der Waals surface area contributed by atoms with Gasteiger partial charge in [0.05, 0.1) is 6.04 Å². The van der Waals surface area contributed by atoms with Crippen LogP contribution in [0.3, 0.4) is 0 Å². The number of likely N-dealkylation sites (tertiary alicyclic amines) is 1. The Morgan fingerprint density at radius 1 is 1.11 bits per heavy atom. The first-order valence-corrected chi connectivity index (χ1v) is 9.52. The summed E-state index contributed by atoms with van der Waals surface area (Å²) in [6.07, 6.45) is 1.84. The van der Waals surface area contributed by atoms with Gasteiger partial charge in [-0.3, -0.25) is 4.79 Å². The molecule has 1 aromatic carbocycles. The highest BCUT2D eigenvalue weighted by Crippen LogP contribution is 2.38. The van der Waals surface area contributed by atoms with E-state index in [0.717, 1.165) is 41.3 Å². The van der Waals surface area contributed by atoms with Gasteiger partial charge >= 0.3 is 0 Å². The minimum absolute atomic E-state index is 0.0225. The van der Waals surface area contributed by atoms with E-state index in [9.17, 15) is 4.79 Å². The molecule has 1 amide bonds. The van der Waals surface area contributed by atoms with Crippen LogP contribution in [-0.2, 0) is 0 Å². The quantitative estimate of drug-likeness (QED) is 0.680. The highest BCUT2D eigenvalue weighted by atomic mass is 16.6. The molecule has 0 bridgehead atoms. The largest absolute Gasteiger partial charge is 0.486 e. The van der Waals surface area contributed by atoms with Crippen LogP contribution in [0.25, 0.3) is 5.78 Å². The molecule has 1 atom stereocenters. The van der Waals surface area contributed by atoms with E-state index >= 15 is 0 Å². The number of rotatable bonds is 2. The van der Waals surface area contributed by atoms with Crippen molar-refractivity contribution >= 4 is 11.7 Å². The molecule has 8 nitrogen and oxygen atoms in total. The maximum atomic E-state index is 13.2. The lowest BCUT2D eigenvalue weighted by molar-refractivity contribution is 0.0723. The van der Waals surface area contributed by atoms with Gasteiger partial charge in [0.1, 0.15) is 13.2 Å². The Morgan fingerprint density at radius 3 is 2.79 bits per heavy atom. The number of aromatic nitrogens is 4. The monoisotopic (exact) mass is 379 g/mol. The molecular weight excluding hydrogens is 358 g/mol. The van der Waals surface area contributed by atoms with Crippen molar-refractivity contribution in [2.24, 2.45) is 0 Å². The van der Waals surface area contributed by atoms with Crippen molar-refractivity contribution in [3.63, 3.8) is 0 Å². The molecule has 2 aliphatic rings. The van der Waals surface area contributed by atoms with Gasteiger partial charge in [0, 0.05) is 17.9 Å². The number of fused-ring (bicyclic) bond motifs is 2. The molecule has 0 aliphatic carbocycles. The topological polar surface area (TPSA) is 81.9 Å². The number of hydrogen-bond donors (Lipinski definition) is 0. The average Bonchev–Trinajstić information content (AvgIpc) is 3.34. The second-order valence-corrected chi connectivity index (χ2v) is 7.25. The maximum absolute atomic E-state index is 13.2. The predicted molar refractivity (Wildman–Crippen MR) is 101 cm³/mol. The Hall–Kier alpha value is -3.16. The highest BCUT2D eigenvalue weighted by Gasteiger charge is 2.33. The van der Waals surface area contributed by atoms with E-state index in [2.05, 4.69) is 15.1 Å². The second kappa shape index (κ2) is 6.47. The maximum Gasteiger partial charge on any atom is 0.294 e. The first-order chi connectivity index (χ1) is 13.6. The van der Waals surface area contributed by atoms with Crippen LogP contribution >= 0.6 is 0 Å². The lowest BCUT2D eigenvalue weighted by Crippen LogP contribution is -2.31. The molecule has 144 valence electrons.